The minimum atomic E-state index is -0.183. The van der Waals surface area contributed by atoms with Crippen molar-refractivity contribution in [1.82, 2.24) is 4.90 Å². The Kier molecular flexibility index (Phi) is 5.11. The average Bonchev–Trinajstić information content (AvgIpc) is 2.91. The lowest BCUT2D eigenvalue weighted by Crippen LogP contribution is -2.49. The summed E-state index contributed by atoms with van der Waals surface area (Å²) in [6.07, 6.45) is 3.14. The molecule has 2 aliphatic heterocycles. The first-order valence-corrected chi connectivity index (χ1v) is 9.78. The molecule has 5 heteroatoms. The van der Waals surface area contributed by atoms with Gasteiger partial charge in [0, 0.05) is 23.0 Å². The molecule has 0 aliphatic carbocycles. The fraction of sp³-hybridized carbons (Fsp3) is 0.409. The summed E-state index contributed by atoms with van der Waals surface area (Å²) >= 11 is 6.06. The van der Waals surface area contributed by atoms with Gasteiger partial charge in [-0.3, -0.25) is 9.69 Å². The molecule has 2 fully saturated rings. The van der Waals surface area contributed by atoms with Crippen molar-refractivity contribution >= 4 is 17.6 Å². The van der Waals surface area contributed by atoms with Gasteiger partial charge in [0.2, 0.25) is 0 Å². The third kappa shape index (κ3) is 3.56. The molecule has 0 N–H and O–H groups in total. The summed E-state index contributed by atoms with van der Waals surface area (Å²) in [4.78, 5) is 15.6. The number of halogens is 1. The standard InChI is InChI=1S/C22H24ClNO3/c1-24-16-7-12-20(24)21(19(13-16)14-3-5-15(23)6-4-14)22(25)27-18-10-8-17(26-2)9-11-18/h3-6,8-11,16,19-21H,7,12-13H2,1-2H3/t16-,19+,20+,21-/m0/s1. The molecule has 4 atom stereocenters. The van der Waals surface area contributed by atoms with Crippen molar-refractivity contribution in [2.45, 2.75) is 37.3 Å². The molecule has 142 valence electrons. The van der Waals surface area contributed by atoms with E-state index in [1.807, 2.05) is 24.3 Å². The highest BCUT2D eigenvalue weighted by molar-refractivity contribution is 6.30. The molecule has 4 rings (SSSR count). The number of carbonyl (C=O) groups is 1. The molecular weight excluding hydrogens is 362 g/mol. The van der Waals surface area contributed by atoms with Crippen LogP contribution in [0.1, 0.15) is 30.7 Å². The van der Waals surface area contributed by atoms with Gasteiger partial charge < -0.3 is 9.47 Å². The zero-order valence-electron chi connectivity index (χ0n) is 15.6. The summed E-state index contributed by atoms with van der Waals surface area (Å²) in [5.74, 6) is 1.11. The Morgan fingerprint density at radius 3 is 2.37 bits per heavy atom. The van der Waals surface area contributed by atoms with Crippen molar-refractivity contribution in [2.24, 2.45) is 5.92 Å². The lowest BCUT2D eigenvalue weighted by Gasteiger charge is -2.41. The zero-order chi connectivity index (χ0) is 19.0. The van der Waals surface area contributed by atoms with Gasteiger partial charge in [-0.2, -0.15) is 0 Å². The van der Waals surface area contributed by atoms with E-state index in [9.17, 15) is 4.79 Å². The number of piperidine rings is 1. The Morgan fingerprint density at radius 1 is 1.04 bits per heavy atom. The molecule has 0 amide bonds. The molecule has 2 heterocycles. The largest absolute Gasteiger partial charge is 0.497 e. The number of ether oxygens (including phenoxy) is 2. The van der Waals surface area contributed by atoms with Crippen LogP contribution in [0, 0.1) is 5.92 Å². The monoisotopic (exact) mass is 385 g/mol. The summed E-state index contributed by atoms with van der Waals surface area (Å²) in [7, 11) is 3.75. The molecule has 4 nitrogen and oxygen atoms in total. The predicted molar refractivity (Wildman–Crippen MR) is 106 cm³/mol. The summed E-state index contributed by atoms with van der Waals surface area (Å²) in [6, 6.07) is 15.8. The first-order chi connectivity index (χ1) is 13.1. The van der Waals surface area contributed by atoms with E-state index in [-0.39, 0.29) is 23.8 Å². The van der Waals surface area contributed by atoms with Crippen LogP contribution in [0.2, 0.25) is 5.02 Å². The van der Waals surface area contributed by atoms with E-state index in [1.165, 1.54) is 5.56 Å². The fourth-order valence-electron chi connectivity index (χ4n) is 4.67. The molecular formula is C22H24ClNO3. The van der Waals surface area contributed by atoms with E-state index in [1.54, 1.807) is 31.4 Å². The van der Waals surface area contributed by atoms with Gasteiger partial charge in [0.25, 0.3) is 0 Å². The maximum absolute atomic E-state index is 13.2. The number of methoxy groups -OCH3 is 1. The predicted octanol–water partition coefficient (Wildman–Crippen LogP) is 4.52. The molecule has 0 saturated carbocycles. The second kappa shape index (κ2) is 7.53. The third-order valence-electron chi connectivity index (χ3n) is 6.12. The number of rotatable bonds is 4. The molecule has 0 aromatic heterocycles. The van der Waals surface area contributed by atoms with Crippen LogP contribution in [0.25, 0.3) is 0 Å². The van der Waals surface area contributed by atoms with Crippen molar-refractivity contribution in [1.29, 1.82) is 0 Å². The lowest BCUT2D eigenvalue weighted by atomic mass is 9.76. The second-order valence-electron chi connectivity index (χ2n) is 7.48. The maximum Gasteiger partial charge on any atom is 0.316 e. The normalized spacial score (nSPS) is 27.4. The van der Waals surface area contributed by atoms with E-state index >= 15 is 0 Å². The molecule has 0 unspecified atom stereocenters. The van der Waals surface area contributed by atoms with E-state index in [0.29, 0.717) is 16.8 Å². The summed E-state index contributed by atoms with van der Waals surface area (Å²) in [5, 5.41) is 0.715. The van der Waals surface area contributed by atoms with Crippen LogP contribution in [0.3, 0.4) is 0 Å². The van der Waals surface area contributed by atoms with Gasteiger partial charge in [-0.05, 0) is 68.3 Å². The van der Waals surface area contributed by atoms with Gasteiger partial charge in [-0.15, -0.1) is 0 Å². The summed E-state index contributed by atoms with van der Waals surface area (Å²) in [6.45, 7) is 0. The first-order valence-electron chi connectivity index (χ1n) is 9.40. The van der Waals surface area contributed by atoms with E-state index in [4.69, 9.17) is 21.1 Å². The Bertz CT molecular complexity index is 805. The smallest absolute Gasteiger partial charge is 0.316 e. The van der Waals surface area contributed by atoms with Gasteiger partial charge in [-0.25, -0.2) is 0 Å². The third-order valence-corrected chi connectivity index (χ3v) is 6.37. The van der Waals surface area contributed by atoms with Crippen molar-refractivity contribution < 1.29 is 14.3 Å². The number of benzene rings is 2. The number of hydrogen-bond donors (Lipinski definition) is 0. The van der Waals surface area contributed by atoms with Gasteiger partial charge in [-0.1, -0.05) is 23.7 Å². The molecule has 2 aromatic carbocycles. The lowest BCUT2D eigenvalue weighted by molar-refractivity contribution is -0.143. The van der Waals surface area contributed by atoms with Crippen molar-refractivity contribution in [3.05, 3.63) is 59.1 Å². The minimum absolute atomic E-state index is 0.154. The van der Waals surface area contributed by atoms with Crippen LogP contribution >= 0.6 is 11.6 Å². The Morgan fingerprint density at radius 2 is 1.70 bits per heavy atom. The number of carbonyl (C=O) groups excluding carboxylic acids is 1. The fourth-order valence-corrected chi connectivity index (χ4v) is 4.79. The van der Waals surface area contributed by atoms with Crippen LogP contribution in [-0.4, -0.2) is 37.1 Å². The topological polar surface area (TPSA) is 38.8 Å². The van der Waals surface area contributed by atoms with E-state index in [2.05, 4.69) is 11.9 Å². The molecule has 2 aromatic rings. The molecule has 27 heavy (non-hydrogen) atoms. The van der Waals surface area contributed by atoms with Gasteiger partial charge in [0.05, 0.1) is 13.0 Å². The Balaban J connectivity index is 1.60. The van der Waals surface area contributed by atoms with Crippen molar-refractivity contribution in [2.75, 3.05) is 14.2 Å². The summed E-state index contributed by atoms with van der Waals surface area (Å²) in [5.41, 5.74) is 1.17. The van der Waals surface area contributed by atoms with Gasteiger partial charge in [0.15, 0.2) is 0 Å². The highest BCUT2D eigenvalue weighted by Gasteiger charge is 2.49. The second-order valence-corrected chi connectivity index (χ2v) is 7.92. The highest BCUT2D eigenvalue weighted by atomic mass is 35.5. The van der Waals surface area contributed by atoms with Gasteiger partial charge in [0.1, 0.15) is 11.5 Å². The number of hydrogen-bond acceptors (Lipinski definition) is 4. The number of nitrogens with zero attached hydrogens (tertiary/aromatic N) is 1. The quantitative estimate of drug-likeness (QED) is 0.573. The van der Waals surface area contributed by atoms with E-state index in [0.717, 1.165) is 25.0 Å². The maximum atomic E-state index is 13.2. The van der Waals surface area contributed by atoms with E-state index < -0.39 is 0 Å². The average molecular weight is 386 g/mol. The molecule has 0 radical (unpaired) electrons. The molecule has 2 aliphatic rings. The van der Waals surface area contributed by atoms with Crippen LogP contribution < -0.4 is 9.47 Å². The molecule has 2 bridgehead atoms. The summed E-state index contributed by atoms with van der Waals surface area (Å²) < 4.78 is 11.0. The molecule has 2 saturated heterocycles. The van der Waals surface area contributed by atoms with Crippen LogP contribution in [-0.2, 0) is 4.79 Å². The first kappa shape index (κ1) is 18.3. The number of fused-ring (bicyclic) bond motifs is 2. The molecule has 0 spiro atoms. The highest BCUT2D eigenvalue weighted by Crippen LogP contribution is 2.46. The Labute approximate surface area is 165 Å². The SMILES string of the molecule is COc1ccc(OC(=O)[C@H]2[C@@H](c3ccc(Cl)cc3)C[C@@H]3CC[C@H]2N3C)cc1. The number of esters is 1. The zero-order valence-corrected chi connectivity index (χ0v) is 16.4. The van der Waals surface area contributed by atoms with Crippen LogP contribution in [0.15, 0.2) is 48.5 Å². The van der Waals surface area contributed by atoms with Crippen LogP contribution in [0.5, 0.6) is 11.5 Å². The van der Waals surface area contributed by atoms with Crippen LogP contribution in [0.4, 0.5) is 0 Å². The Hall–Kier alpha value is -2.04. The van der Waals surface area contributed by atoms with Crippen molar-refractivity contribution in [3.8, 4) is 11.5 Å². The van der Waals surface area contributed by atoms with Crippen molar-refractivity contribution in [3.63, 3.8) is 0 Å². The van der Waals surface area contributed by atoms with Gasteiger partial charge >= 0.3 is 5.97 Å². The minimum Gasteiger partial charge on any atom is -0.497 e.